The number of hydrogen-bond donors (Lipinski definition) is 1. The Balaban J connectivity index is 1.53. The van der Waals surface area contributed by atoms with Crippen LogP contribution in [0.3, 0.4) is 0 Å². The molecule has 3 aromatic rings. The van der Waals surface area contributed by atoms with Gasteiger partial charge in [-0.2, -0.15) is 0 Å². The molecule has 0 aromatic heterocycles. The van der Waals surface area contributed by atoms with Gasteiger partial charge < -0.3 is 19.0 Å². The van der Waals surface area contributed by atoms with Crippen LogP contribution < -0.4 is 10.4 Å². The first-order valence-electron chi connectivity index (χ1n) is 12.6. The Bertz CT molecular complexity index is 1060. The van der Waals surface area contributed by atoms with Gasteiger partial charge in [0.25, 0.3) is 8.32 Å². The van der Waals surface area contributed by atoms with Crippen LogP contribution in [0.25, 0.3) is 0 Å². The minimum absolute atomic E-state index is 0.170. The lowest BCUT2D eigenvalue weighted by Gasteiger charge is -2.43. The first kappa shape index (κ1) is 26.4. The summed E-state index contributed by atoms with van der Waals surface area (Å²) in [4.78, 5) is 12.8. The van der Waals surface area contributed by atoms with Crippen LogP contribution in [-0.2, 0) is 25.3 Å². The molecule has 0 spiro atoms. The maximum Gasteiger partial charge on any atom is 0.261 e. The van der Waals surface area contributed by atoms with E-state index in [2.05, 4.69) is 45.0 Å². The molecule has 3 atom stereocenters. The maximum absolute atomic E-state index is 12.8. The minimum atomic E-state index is -2.74. The first-order chi connectivity index (χ1) is 17.3. The highest BCUT2D eigenvalue weighted by molar-refractivity contribution is 6.99. The first-order valence-corrected chi connectivity index (χ1v) is 14.5. The molecular weight excluding hydrogens is 468 g/mol. The van der Waals surface area contributed by atoms with E-state index < -0.39 is 32.6 Å². The highest BCUT2D eigenvalue weighted by Crippen LogP contribution is 2.37. The molecule has 1 aliphatic heterocycles. The molecule has 1 N–H and O–H groups in total. The van der Waals surface area contributed by atoms with E-state index in [0.717, 1.165) is 5.56 Å². The van der Waals surface area contributed by atoms with Crippen molar-refractivity contribution < 1.29 is 23.8 Å². The molecule has 0 saturated carbocycles. The largest absolute Gasteiger partial charge is 0.405 e. The van der Waals surface area contributed by atoms with Crippen LogP contribution in [0.1, 0.15) is 39.2 Å². The summed E-state index contributed by atoms with van der Waals surface area (Å²) in [5.74, 6) is -0.432. The number of aliphatic hydroxyl groups is 1. The molecule has 6 heteroatoms. The van der Waals surface area contributed by atoms with Crippen LogP contribution in [0.5, 0.6) is 0 Å². The standard InChI is InChI=1S/C30H36O5Si/c1-30(2,3)36(25-15-9-5-10-16-25,26-17-11-6-12-18-26)34-22-24-19-20-27(28(31)29(32)35-24)33-21-23-13-7-4-8-14-23/h4-18,24,27,29,32H,19-22H2,1-3H3/t24-,27+,29?/m0/s1. The zero-order valence-electron chi connectivity index (χ0n) is 21.3. The van der Waals surface area contributed by atoms with E-state index in [-0.39, 0.29) is 11.6 Å². The zero-order chi connectivity index (χ0) is 25.6. The molecule has 1 saturated heterocycles. The average molecular weight is 505 g/mol. The zero-order valence-corrected chi connectivity index (χ0v) is 22.3. The van der Waals surface area contributed by atoms with E-state index in [1.807, 2.05) is 66.7 Å². The molecule has 3 aromatic carbocycles. The Labute approximate surface area is 215 Å². The Hall–Kier alpha value is -2.61. The van der Waals surface area contributed by atoms with E-state index in [1.54, 1.807) is 0 Å². The average Bonchev–Trinajstić information content (AvgIpc) is 3.02. The molecule has 1 aliphatic rings. The predicted molar refractivity (Wildman–Crippen MR) is 144 cm³/mol. The summed E-state index contributed by atoms with van der Waals surface area (Å²) in [6, 6.07) is 30.5. The maximum atomic E-state index is 12.8. The van der Waals surface area contributed by atoms with Crippen molar-refractivity contribution in [3.05, 3.63) is 96.6 Å². The molecule has 1 unspecified atom stereocenters. The van der Waals surface area contributed by atoms with Crippen molar-refractivity contribution in [2.75, 3.05) is 6.61 Å². The van der Waals surface area contributed by atoms with Crippen molar-refractivity contribution >= 4 is 24.5 Å². The highest BCUT2D eigenvalue weighted by Gasteiger charge is 2.50. The van der Waals surface area contributed by atoms with Crippen molar-refractivity contribution in [3.63, 3.8) is 0 Å². The Kier molecular flexibility index (Phi) is 8.54. The molecule has 36 heavy (non-hydrogen) atoms. The van der Waals surface area contributed by atoms with Gasteiger partial charge in [-0.05, 0) is 33.8 Å². The van der Waals surface area contributed by atoms with Crippen LogP contribution >= 0.6 is 0 Å². The number of Topliss-reactive ketones (excluding diaryl/α,β-unsaturated/α-hetero) is 1. The second kappa shape index (κ2) is 11.6. The number of hydrogen-bond acceptors (Lipinski definition) is 5. The van der Waals surface area contributed by atoms with Crippen LogP contribution in [0, 0.1) is 0 Å². The van der Waals surface area contributed by atoms with Crippen molar-refractivity contribution in [3.8, 4) is 0 Å². The number of rotatable bonds is 8. The van der Waals surface area contributed by atoms with E-state index in [0.29, 0.717) is 19.4 Å². The van der Waals surface area contributed by atoms with Gasteiger partial charge >= 0.3 is 0 Å². The fraction of sp³-hybridized carbons (Fsp3) is 0.367. The van der Waals surface area contributed by atoms with E-state index >= 15 is 0 Å². The third-order valence-corrected chi connectivity index (χ3v) is 11.8. The summed E-state index contributed by atoms with van der Waals surface area (Å²) in [6.45, 7) is 7.26. The summed E-state index contributed by atoms with van der Waals surface area (Å²) in [6.07, 6.45) is -1.63. The molecule has 190 valence electrons. The van der Waals surface area contributed by atoms with Crippen LogP contribution in [0.15, 0.2) is 91.0 Å². The third-order valence-electron chi connectivity index (χ3n) is 6.83. The predicted octanol–water partition coefficient (Wildman–Crippen LogP) is 4.21. The normalized spacial score (nSPS) is 21.2. The second-order valence-corrected chi connectivity index (χ2v) is 14.7. The molecule has 0 amide bonds. The Morgan fingerprint density at radius 2 is 1.39 bits per heavy atom. The van der Waals surface area contributed by atoms with Crippen molar-refractivity contribution in [2.45, 2.75) is 63.8 Å². The molecule has 0 radical (unpaired) electrons. The van der Waals surface area contributed by atoms with Gasteiger partial charge in [0, 0.05) is 0 Å². The number of ketones is 1. The number of carbonyl (C=O) groups excluding carboxylic acids is 1. The van der Waals surface area contributed by atoms with Crippen LogP contribution in [0.2, 0.25) is 5.04 Å². The number of carbonyl (C=O) groups is 1. The smallest absolute Gasteiger partial charge is 0.261 e. The summed E-state index contributed by atoms with van der Waals surface area (Å²) in [5.41, 5.74) is 0.983. The van der Waals surface area contributed by atoms with Crippen LogP contribution in [-0.4, -0.2) is 44.3 Å². The van der Waals surface area contributed by atoms with E-state index in [9.17, 15) is 9.90 Å². The number of ether oxygens (including phenoxy) is 2. The van der Waals surface area contributed by atoms with Gasteiger partial charge in [-0.25, -0.2) is 0 Å². The van der Waals surface area contributed by atoms with Gasteiger partial charge in [-0.15, -0.1) is 0 Å². The van der Waals surface area contributed by atoms with E-state index in [1.165, 1.54) is 10.4 Å². The molecular formula is C30H36O5Si. The third kappa shape index (κ3) is 5.85. The fourth-order valence-corrected chi connectivity index (χ4v) is 9.59. The molecule has 0 bridgehead atoms. The van der Waals surface area contributed by atoms with Crippen molar-refractivity contribution in [2.24, 2.45) is 0 Å². The Morgan fingerprint density at radius 3 is 1.92 bits per heavy atom. The van der Waals surface area contributed by atoms with Gasteiger partial charge in [0.2, 0.25) is 12.1 Å². The highest BCUT2D eigenvalue weighted by atomic mass is 28.4. The van der Waals surface area contributed by atoms with Gasteiger partial charge in [0.15, 0.2) is 0 Å². The molecule has 0 aliphatic carbocycles. The lowest BCUT2D eigenvalue weighted by atomic mass is 10.1. The van der Waals surface area contributed by atoms with Crippen LogP contribution in [0.4, 0.5) is 0 Å². The topological polar surface area (TPSA) is 65.0 Å². The summed E-state index contributed by atoms with van der Waals surface area (Å²) < 4.78 is 18.7. The minimum Gasteiger partial charge on any atom is -0.405 e. The number of aliphatic hydroxyl groups excluding tert-OH is 1. The second-order valence-electron chi connectivity index (χ2n) is 10.3. The molecule has 4 rings (SSSR count). The monoisotopic (exact) mass is 504 g/mol. The molecule has 5 nitrogen and oxygen atoms in total. The van der Waals surface area contributed by atoms with E-state index in [4.69, 9.17) is 13.9 Å². The van der Waals surface area contributed by atoms with Gasteiger partial charge in [-0.1, -0.05) is 112 Å². The Morgan fingerprint density at radius 1 is 0.861 bits per heavy atom. The van der Waals surface area contributed by atoms with Crippen molar-refractivity contribution in [1.29, 1.82) is 0 Å². The van der Waals surface area contributed by atoms with Crippen molar-refractivity contribution in [1.82, 2.24) is 0 Å². The molecule has 1 fully saturated rings. The summed E-state index contributed by atoms with van der Waals surface area (Å²) >= 11 is 0. The number of benzene rings is 3. The van der Waals surface area contributed by atoms with Gasteiger partial charge in [0.1, 0.15) is 6.10 Å². The summed E-state index contributed by atoms with van der Waals surface area (Å²) in [5, 5.41) is 12.7. The SMILES string of the molecule is CC(C)(C)[Si](OC[C@@H]1CC[C@@H](OCc2ccccc2)C(=O)C(O)O1)(c1ccccc1)c1ccccc1. The quantitative estimate of drug-likeness (QED) is 0.466. The lowest BCUT2D eigenvalue weighted by Crippen LogP contribution is -2.67. The summed E-state index contributed by atoms with van der Waals surface area (Å²) in [7, 11) is -2.74. The molecule has 1 heterocycles. The lowest BCUT2D eigenvalue weighted by molar-refractivity contribution is -0.173. The van der Waals surface area contributed by atoms with Gasteiger partial charge in [0.05, 0.1) is 19.3 Å². The fourth-order valence-electron chi connectivity index (χ4n) is 4.99. The van der Waals surface area contributed by atoms with Gasteiger partial charge in [-0.3, -0.25) is 4.79 Å².